The van der Waals surface area contributed by atoms with Crippen LogP contribution in [-0.4, -0.2) is 20.6 Å². The Balaban J connectivity index is 3.35. The second-order valence-electron chi connectivity index (χ2n) is 3.25. The molecule has 0 saturated carbocycles. The van der Waals surface area contributed by atoms with Gasteiger partial charge < -0.3 is 0 Å². The Hall–Kier alpha value is -1.96. The molecule has 0 aromatic carbocycles. The van der Waals surface area contributed by atoms with Crippen LogP contribution in [0.15, 0.2) is 0 Å². The van der Waals surface area contributed by atoms with E-state index in [0.29, 0.717) is 18.5 Å². The smallest absolute Gasteiger partial charge is 0.289 e. The Morgan fingerprint density at radius 3 is 2.75 bits per heavy atom. The molecule has 1 aromatic heterocycles. The molecule has 0 fully saturated rings. The van der Waals surface area contributed by atoms with Gasteiger partial charge in [0.1, 0.15) is 5.69 Å². The van der Waals surface area contributed by atoms with Gasteiger partial charge in [0.15, 0.2) is 0 Å². The number of rotatable bonds is 4. The first-order valence-corrected chi connectivity index (χ1v) is 4.74. The maximum Gasteiger partial charge on any atom is 0.323 e. The summed E-state index contributed by atoms with van der Waals surface area (Å²) in [5.74, 6) is 4.24. The molecule has 1 heterocycles. The van der Waals surface area contributed by atoms with Crippen molar-refractivity contribution in [2.45, 2.75) is 19.8 Å². The van der Waals surface area contributed by atoms with Crippen LogP contribution >= 0.6 is 0 Å². The lowest BCUT2D eigenvalue weighted by atomic mass is 10.2. The highest BCUT2D eigenvalue weighted by molar-refractivity contribution is 5.96. The van der Waals surface area contributed by atoms with E-state index in [2.05, 4.69) is 5.10 Å². The van der Waals surface area contributed by atoms with Crippen LogP contribution in [0.25, 0.3) is 0 Å². The molecule has 0 atom stereocenters. The number of hydrogen-bond donors (Lipinski definition) is 2. The second kappa shape index (κ2) is 4.71. The summed E-state index contributed by atoms with van der Waals surface area (Å²) in [6.45, 7) is 1.88. The van der Waals surface area contributed by atoms with Gasteiger partial charge in [-0.1, -0.05) is 13.3 Å². The van der Waals surface area contributed by atoms with Gasteiger partial charge in [-0.3, -0.25) is 25.0 Å². The highest BCUT2D eigenvalue weighted by Gasteiger charge is 2.30. The Morgan fingerprint density at radius 2 is 2.31 bits per heavy atom. The predicted molar refractivity (Wildman–Crippen MR) is 55.5 cm³/mol. The van der Waals surface area contributed by atoms with E-state index in [9.17, 15) is 14.9 Å². The molecule has 3 N–H and O–H groups in total. The van der Waals surface area contributed by atoms with Crippen molar-refractivity contribution in [3.8, 4) is 0 Å². The van der Waals surface area contributed by atoms with Crippen molar-refractivity contribution in [3.63, 3.8) is 0 Å². The number of aryl methyl sites for hydroxylation is 2. The molecule has 0 saturated heterocycles. The van der Waals surface area contributed by atoms with Crippen molar-refractivity contribution in [1.82, 2.24) is 15.2 Å². The number of nitrogens with two attached hydrogens (primary N) is 1. The largest absolute Gasteiger partial charge is 0.323 e. The summed E-state index contributed by atoms with van der Waals surface area (Å²) >= 11 is 0. The number of amides is 1. The molecule has 1 amide bonds. The molecule has 0 radical (unpaired) electrons. The molecule has 0 aliphatic carbocycles. The molecule has 1 aromatic rings. The van der Waals surface area contributed by atoms with Crippen molar-refractivity contribution >= 4 is 11.6 Å². The van der Waals surface area contributed by atoms with Gasteiger partial charge in [0.2, 0.25) is 5.69 Å². The van der Waals surface area contributed by atoms with E-state index < -0.39 is 10.8 Å². The van der Waals surface area contributed by atoms with Crippen LogP contribution in [0.3, 0.4) is 0 Å². The number of nitrogens with one attached hydrogen (secondary N) is 1. The lowest BCUT2D eigenvalue weighted by molar-refractivity contribution is -0.385. The highest BCUT2D eigenvalue weighted by Crippen LogP contribution is 2.23. The standard InChI is InChI=1S/C8H13N5O3/c1-3-4-5-6(13(15)16)7(8(14)10-9)12(2)11-5/h3-4,9H2,1-2H3,(H,10,14). The molecule has 16 heavy (non-hydrogen) atoms. The fourth-order valence-corrected chi connectivity index (χ4v) is 1.49. The maximum absolute atomic E-state index is 11.4. The maximum atomic E-state index is 11.4. The molecule has 0 aliphatic rings. The highest BCUT2D eigenvalue weighted by atomic mass is 16.6. The average Bonchev–Trinajstić information content (AvgIpc) is 2.54. The number of hydrogen-bond acceptors (Lipinski definition) is 5. The van der Waals surface area contributed by atoms with Crippen molar-refractivity contribution in [2.24, 2.45) is 12.9 Å². The Kier molecular flexibility index (Phi) is 3.56. The van der Waals surface area contributed by atoms with Crippen LogP contribution in [0.2, 0.25) is 0 Å². The summed E-state index contributed by atoms with van der Waals surface area (Å²) in [6.07, 6.45) is 1.16. The third-order valence-electron chi connectivity index (χ3n) is 2.11. The van der Waals surface area contributed by atoms with Crippen LogP contribution in [0.5, 0.6) is 0 Å². The number of aromatic nitrogens is 2. The van der Waals surface area contributed by atoms with E-state index in [0.717, 1.165) is 0 Å². The van der Waals surface area contributed by atoms with E-state index in [-0.39, 0.29) is 11.4 Å². The van der Waals surface area contributed by atoms with Gasteiger partial charge >= 0.3 is 5.69 Å². The topological polar surface area (TPSA) is 116 Å². The number of nitro groups is 1. The number of nitrogens with zero attached hydrogens (tertiary/aromatic N) is 3. The van der Waals surface area contributed by atoms with Crippen molar-refractivity contribution in [1.29, 1.82) is 0 Å². The van der Waals surface area contributed by atoms with Gasteiger partial charge in [-0.25, -0.2) is 5.84 Å². The average molecular weight is 227 g/mol. The number of carbonyl (C=O) groups excluding carboxylic acids is 1. The zero-order chi connectivity index (χ0) is 12.3. The van der Waals surface area contributed by atoms with Crippen molar-refractivity contribution in [2.75, 3.05) is 0 Å². The Labute approximate surface area is 91.5 Å². The zero-order valence-electron chi connectivity index (χ0n) is 9.06. The summed E-state index contributed by atoms with van der Waals surface area (Å²) in [4.78, 5) is 21.6. The Morgan fingerprint density at radius 1 is 1.69 bits per heavy atom. The van der Waals surface area contributed by atoms with Crippen LogP contribution in [0.1, 0.15) is 29.5 Å². The SMILES string of the molecule is CCCc1nn(C)c(C(=O)NN)c1[N+](=O)[O-]. The van der Waals surface area contributed by atoms with Gasteiger partial charge in [-0.15, -0.1) is 0 Å². The van der Waals surface area contributed by atoms with Gasteiger partial charge in [0.05, 0.1) is 4.92 Å². The van der Waals surface area contributed by atoms with Crippen LogP contribution in [0, 0.1) is 10.1 Å². The summed E-state index contributed by atoms with van der Waals surface area (Å²) < 4.78 is 1.17. The number of hydrazine groups is 1. The minimum Gasteiger partial charge on any atom is -0.289 e. The molecule has 8 nitrogen and oxygen atoms in total. The monoisotopic (exact) mass is 227 g/mol. The first-order valence-electron chi connectivity index (χ1n) is 4.74. The minimum absolute atomic E-state index is 0.129. The summed E-state index contributed by atoms with van der Waals surface area (Å²) in [6, 6.07) is 0. The first-order chi connectivity index (χ1) is 7.52. The lowest BCUT2D eigenvalue weighted by Gasteiger charge is -1.98. The van der Waals surface area contributed by atoms with Crippen LogP contribution < -0.4 is 11.3 Å². The normalized spacial score (nSPS) is 10.2. The predicted octanol–water partition coefficient (Wildman–Crippen LogP) is -0.116. The summed E-state index contributed by atoms with van der Waals surface area (Å²) in [7, 11) is 1.47. The quantitative estimate of drug-likeness (QED) is 0.322. The number of carbonyl (C=O) groups is 1. The molecule has 0 spiro atoms. The van der Waals surface area contributed by atoms with Gasteiger partial charge in [0.25, 0.3) is 5.91 Å². The molecule has 8 heteroatoms. The molecular weight excluding hydrogens is 214 g/mol. The molecule has 0 bridgehead atoms. The van der Waals surface area contributed by atoms with E-state index in [1.165, 1.54) is 11.7 Å². The van der Waals surface area contributed by atoms with E-state index >= 15 is 0 Å². The van der Waals surface area contributed by atoms with E-state index in [4.69, 9.17) is 5.84 Å². The van der Waals surface area contributed by atoms with Crippen LogP contribution in [-0.2, 0) is 13.5 Å². The van der Waals surface area contributed by atoms with Gasteiger partial charge in [-0.05, 0) is 6.42 Å². The fraction of sp³-hybridized carbons (Fsp3) is 0.500. The third-order valence-corrected chi connectivity index (χ3v) is 2.11. The lowest BCUT2D eigenvalue weighted by Crippen LogP contribution is -2.32. The van der Waals surface area contributed by atoms with E-state index in [1.807, 2.05) is 12.3 Å². The molecular formula is C8H13N5O3. The fourth-order valence-electron chi connectivity index (χ4n) is 1.49. The third kappa shape index (κ3) is 2.01. The number of nitrogen functional groups attached to an aromatic ring is 1. The van der Waals surface area contributed by atoms with Crippen LogP contribution in [0.4, 0.5) is 5.69 Å². The Bertz CT molecular complexity index is 426. The first kappa shape index (κ1) is 12.1. The minimum atomic E-state index is -0.718. The van der Waals surface area contributed by atoms with Crippen molar-refractivity contribution in [3.05, 3.63) is 21.5 Å². The summed E-state index contributed by atoms with van der Waals surface area (Å²) in [5.41, 5.74) is 1.77. The van der Waals surface area contributed by atoms with Gasteiger partial charge in [0, 0.05) is 7.05 Å². The summed E-state index contributed by atoms with van der Waals surface area (Å²) in [5, 5.41) is 14.8. The van der Waals surface area contributed by atoms with E-state index in [1.54, 1.807) is 0 Å². The zero-order valence-corrected chi connectivity index (χ0v) is 9.06. The molecule has 0 unspecified atom stereocenters. The molecule has 0 aliphatic heterocycles. The second-order valence-corrected chi connectivity index (χ2v) is 3.25. The van der Waals surface area contributed by atoms with Gasteiger partial charge in [-0.2, -0.15) is 5.10 Å². The molecule has 88 valence electrons. The molecule has 1 rings (SSSR count). The van der Waals surface area contributed by atoms with Crippen molar-refractivity contribution < 1.29 is 9.72 Å².